The monoisotopic (exact) mass is 266 g/mol. The van der Waals surface area contributed by atoms with Crippen molar-refractivity contribution in [3.8, 4) is 22.3 Å². The Balaban J connectivity index is 1.97. The molecule has 0 saturated carbocycles. The average molecular weight is 266 g/mol. The lowest BCUT2D eigenvalue weighted by atomic mass is 10.0. The van der Waals surface area contributed by atoms with Gasteiger partial charge in [0.1, 0.15) is 11.6 Å². The van der Waals surface area contributed by atoms with E-state index in [2.05, 4.69) is 0 Å². The lowest BCUT2D eigenvalue weighted by molar-refractivity contribution is 0.584. The molecule has 3 rings (SSSR count). The summed E-state index contributed by atoms with van der Waals surface area (Å²) in [5.74, 6) is -1.13. The summed E-state index contributed by atoms with van der Waals surface area (Å²) in [4.78, 5) is 0. The van der Waals surface area contributed by atoms with Crippen LogP contribution in [0.4, 0.5) is 8.78 Å². The van der Waals surface area contributed by atoms with Crippen LogP contribution in [-0.2, 0) is 0 Å². The lowest BCUT2D eigenvalue weighted by Crippen LogP contribution is -1.84. The largest absolute Gasteiger partial charge is 0.207 e. The molecule has 0 nitrogen and oxygen atoms in total. The van der Waals surface area contributed by atoms with Crippen molar-refractivity contribution in [2.24, 2.45) is 0 Å². The third kappa shape index (κ3) is 2.59. The SMILES string of the molecule is Fc1cc(F)cc(-c2ccc(-c3ccccc3)cc2)c1. The minimum atomic E-state index is -0.563. The van der Waals surface area contributed by atoms with Gasteiger partial charge in [0.05, 0.1) is 0 Å². The van der Waals surface area contributed by atoms with Gasteiger partial charge in [-0.25, -0.2) is 8.78 Å². The van der Waals surface area contributed by atoms with E-state index in [-0.39, 0.29) is 0 Å². The van der Waals surface area contributed by atoms with Crippen molar-refractivity contribution >= 4 is 0 Å². The molecule has 0 aliphatic heterocycles. The Morgan fingerprint density at radius 1 is 0.450 bits per heavy atom. The van der Waals surface area contributed by atoms with Gasteiger partial charge < -0.3 is 0 Å². The van der Waals surface area contributed by atoms with E-state index in [1.165, 1.54) is 12.1 Å². The molecular weight excluding hydrogens is 254 g/mol. The predicted molar refractivity (Wildman–Crippen MR) is 77.2 cm³/mol. The molecule has 0 atom stereocenters. The van der Waals surface area contributed by atoms with Crippen LogP contribution in [0.5, 0.6) is 0 Å². The van der Waals surface area contributed by atoms with E-state index in [0.29, 0.717) is 5.56 Å². The van der Waals surface area contributed by atoms with Gasteiger partial charge in [-0.2, -0.15) is 0 Å². The van der Waals surface area contributed by atoms with E-state index in [9.17, 15) is 8.78 Å². The van der Waals surface area contributed by atoms with Crippen LogP contribution in [0.3, 0.4) is 0 Å². The Hall–Kier alpha value is -2.48. The van der Waals surface area contributed by atoms with Crippen LogP contribution in [0, 0.1) is 11.6 Å². The second-order valence-electron chi connectivity index (χ2n) is 4.60. The third-order valence-corrected chi connectivity index (χ3v) is 3.19. The Morgan fingerprint density at radius 3 is 1.45 bits per heavy atom. The molecule has 0 radical (unpaired) electrons. The quantitative estimate of drug-likeness (QED) is 0.590. The first-order valence-corrected chi connectivity index (χ1v) is 6.34. The van der Waals surface area contributed by atoms with Gasteiger partial charge in [-0.3, -0.25) is 0 Å². The first kappa shape index (κ1) is 12.5. The molecule has 0 heterocycles. The maximum absolute atomic E-state index is 13.2. The molecule has 3 aromatic carbocycles. The molecule has 0 fully saturated rings. The predicted octanol–water partition coefficient (Wildman–Crippen LogP) is 5.30. The molecule has 98 valence electrons. The van der Waals surface area contributed by atoms with E-state index < -0.39 is 11.6 Å². The standard InChI is InChI=1S/C18H12F2/c19-17-10-16(11-18(20)12-17)15-8-6-14(7-9-15)13-4-2-1-3-5-13/h1-12H. The summed E-state index contributed by atoms with van der Waals surface area (Å²) in [6, 6.07) is 21.2. The molecule has 20 heavy (non-hydrogen) atoms. The van der Waals surface area contributed by atoms with Gasteiger partial charge in [0.25, 0.3) is 0 Å². The fourth-order valence-corrected chi connectivity index (χ4v) is 2.21. The number of halogens is 2. The van der Waals surface area contributed by atoms with Crippen LogP contribution in [0.2, 0.25) is 0 Å². The molecule has 0 aliphatic rings. The summed E-state index contributed by atoms with van der Waals surface area (Å²) in [5, 5.41) is 0. The zero-order chi connectivity index (χ0) is 13.9. The van der Waals surface area contributed by atoms with Gasteiger partial charge in [-0.05, 0) is 34.4 Å². The van der Waals surface area contributed by atoms with Crippen LogP contribution in [0.1, 0.15) is 0 Å². The van der Waals surface area contributed by atoms with Crippen molar-refractivity contribution in [2.75, 3.05) is 0 Å². The van der Waals surface area contributed by atoms with Gasteiger partial charge in [0, 0.05) is 6.07 Å². The minimum absolute atomic E-state index is 0.544. The van der Waals surface area contributed by atoms with Crippen molar-refractivity contribution in [1.29, 1.82) is 0 Å². The number of rotatable bonds is 2. The van der Waals surface area contributed by atoms with Crippen molar-refractivity contribution < 1.29 is 8.78 Å². The Labute approximate surface area is 116 Å². The first-order valence-electron chi connectivity index (χ1n) is 6.34. The summed E-state index contributed by atoms with van der Waals surface area (Å²) in [6.07, 6.45) is 0. The van der Waals surface area contributed by atoms with Crippen LogP contribution in [-0.4, -0.2) is 0 Å². The maximum Gasteiger partial charge on any atom is 0.126 e. The van der Waals surface area contributed by atoms with Gasteiger partial charge in [0.2, 0.25) is 0 Å². The second-order valence-corrected chi connectivity index (χ2v) is 4.60. The molecule has 2 heteroatoms. The molecule has 0 spiro atoms. The molecule has 3 aromatic rings. The summed E-state index contributed by atoms with van der Waals surface area (Å²) in [6.45, 7) is 0. The second kappa shape index (κ2) is 5.25. The molecule has 0 aromatic heterocycles. The fourth-order valence-electron chi connectivity index (χ4n) is 2.21. The highest BCUT2D eigenvalue weighted by molar-refractivity contribution is 5.70. The zero-order valence-electron chi connectivity index (χ0n) is 10.7. The molecule has 0 saturated heterocycles. The van der Waals surface area contributed by atoms with E-state index in [0.717, 1.165) is 22.8 Å². The highest BCUT2D eigenvalue weighted by Crippen LogP contribution is 2.25. The molecule has 0 aliphatic carbocycles. The van der Waals surface area contributed by atoms with Crippen molar-refractivity contribution in [1.82, 2.24) is 0 Å². The van der Waals surface area contributed by atoms with E-state index in [1.807, 2.05) is 54.6 Å². The highest BCUT2D eigenvalue weighted by atomic mass is 19.1. The van der Waals surface area contributed by atoms with E-state index >= 15 is 0 Å². The van der Waals surface area contributed by atoms with Crippen molar-refractivity contribution in [2.45, 2.75) is 0 Å². The lowest BCUT2D eigenvalue weighted by Gasteiger charge is -2.05. The molecule has 0 N–H and O–H groups in total. The van der Waals surface area contributed by atoms with Crippen molar-refractivity contribution in [3.63, 3.8) is 0 Å². The Morgan fingerprint density at radius 2 is 0.900 bits per heavy atom. The summed E-state index contributed by atoms with van der Waals surface area (Å²) < 4.78 is 26.4. The number of benzene rings is 3. The maximum atomic E-state index is 13.2. The van der Waals surface area contributed by atoms with Gasteiger partial charge in [-0.15, -0.1) is 0 Å². The first-order chi connectivity index (χ1) is 9.72. The highest BCUT2D eigenvalue weighted by Gasteiger charge is 2.04. The van der Waals surface area contributed by atoms with Crippen LogP contribution < -0.4 is 0 Å². The molecule has 0 bridgehead atoms. The average Bonchev–Trinajstić information content (AvgIpc) is 2.47. The number of hydrogen-bond donors (Lipinski definition) is 0. The smallest absolute Gasteiger partial charge is 0.126 e. The molecule has 0 unspecified atom stereocenters. The number of hydrogen-bond acceptors (Lipinski definition) is 0. The fraction of sp³-hybridized carbons (Fsp3) is 0. The Kier molecular flexibility index (Phi) is 3.30. The van der Waals surface area contributed by atoms with Gasteiger partial charge in [-0.1, -0.05) is 54.6 Å². The summed E-state index contributed by atoms with van der Waals surface area (Å²) in [7, 11) is 0. The van der Waals surface area contributed by atoms with Crippen molar-refractivity contribution in [3.05, 3.63) is 84.4 Å². The minimum Gasteiger partial charge on any atom is -0.207 e. The topological polar surface area (TPSA) is 0 Å². The molecule has 0 amide bonds. The Bertz CT molecular complexity index is 696. The van der Waals surface area contributed by atoms with E-state index in [1.54, 1.807) is 0 Å². The third-order valence-electron chi connectivity index (χ3n) is 3.19. The van der Waals surface area contributed by atoms with Gasteiger partial charge >= 0.3 is 0 Å². The summed E-state index contributed by atoms with van der Waals surface area (Å²) >= 11 is 0. The van der Waals surface area contributed by atoms with Crippen LogP contribution in [0.15, 0.2) is 72.8 Å². The zero-order valence-corrected chi connectivity index (χ0v) is 10.7. The van der Waals surface area contributed by atoms with Gasteiger partial charge in [0.15, 0.2) is 0 Å². The summed E-state index contributed by atoms with van der Waals surface area (Å²) in [5.41, 5.74) is 3.53. The normalized spacial score (nSPS) is 10.5. The molecular formula is C18H12F2. The van der Waals surface area contributed by atoms with E-state index in [4.69, 9.17) is 0 Å². The van der Waals surface area contributed by atoms with Crippen LogP contribution in [0.25, 0.3) is 22.3 Å². The van der Waals surface area contributed by atoms with Crippen LogP contribution >= 0.6 is 0 Å².